The van der Waals surface area contributed by atoms with E-state index in [1.165, 1.54) is 18.4 Å². The third-order valence-electron chi connectivity index (χ3n) is 3.37. The monoisotopic (exact) mass is 282 g/mol. The predicted octanol–water partition coefficient (Wildman–Crippen LogP) is 1.56. The van der Waals surface area contributed by atoms with Crippen LogP contribution < -0.4 is 10.2 Å². The highest BCUT2D eigenvalue weighted by Crippen LogP contribution is 2.34. The summed E-state index contributed by atoms with van der Waals surface area (Å²) in [4.78, 5) is 26.4. The Bertz CT molecular complexity index is 498. The molecule has 1 aliphatic rings. The normalized spacial score (nSPS) is 19.6. The molecule has 0 saturated carbocycles. The van der Waals surface area contributed by atoms with Gasteiger partial charge in [-0.2, -0.15) is 0 Å². The Morgan fingerprint density at radius 1 is 1.58 bits per heavy atom. The van der Waals surface area contributed by atoms with Crippen molar-refractivity contribution in [1.29, 1.82) is 0 Å². The van der Waals surface area contributed by atoms with E-state index in [0.29, 0.717) is 17.1 Å². The highest BCUT2D eigenvalue weighted by Gasteiger charge is 2.32. The molecule has 1 aromatic heterocycles. The zero-order valence-corrected chi connectivity index (χ0v) is 12.2. The number of nitrogens with zero attached hydrogens (tertiary/aromatic N) is 1. The van der Waals surface area contributed by atoms with Crippen molar-refractivity contribution >= 4 is 28.9 Å². The fourth-order valence-corrected chi connectivity index (χ4v) is 3.34. The molecule has 104 valence electrons. The van der Waals surface area contributed by atoms with Gasteiger partial charge in [0.05, 0.1) is 18.8 Å². The van der Waals surface area contributed by atoms with Crippen molar-refractivity contribution in [1.82, 2.24) is 5.32 Å². The second-order valence-corrected chi connectivity index (χ2v) is 5.44. The van der Waals surface area contributed by atoms with Gasteiger partial charge in [0.1, 0.15) is 4.88 Å². The number of nitrogens with one attached hydrogen (secondary N) is 1. The second-order valence-electron chi connectivity index (χ2n) is 4.56. The van der Waals surface area contributed by atoms with E-state index in [9.17, 15) is 9.59 Å². The highest BCUT2D eigenvalue weighted by atomic mass is 32.1. The van der Waals surface area contributed by atoms with Crippen LogP contribution in [0.4, 0.5) is 5.69 Å². The molecular weight excluding hydrogens is 264 g/mol. The molecule has 1 aromatic rings. The van der Waals surface area contributed by atoms with E-state index >= 15 is 0 Å². The molecule has 0 radical (unpaired) electrons. The number of ether oxygens (including phenoxy) is 1. The van der Waals surface area contributed by atoms with Crippen molar-refractivity contribution in [2.24, 2.45) is 0 Å². The van der Waals surface area contributed by atoms with Crippen molar-refractivity contribution in [3.8, 4) is 0 Å². The number of carbonyl (C=O) groups excluding carboxylic acids is 2. The summed E-state index contributed by atoms with van der Waals surface area (Å²) in [7, 11) is 3.14. The van der Waals surface area contributed by atoms with Gasteiger partial charge in [-0.1, -0.05) is 0 Å². The van der Waals surface area contributed by atoms with E-state index in [2.05, 4.69) is 5.32 Å². The molecule has 0 aromatic carbocycles. The predicted molar refractivity (Wildman–Crippen MR) is 74.8 cm³/mol. The van der Waals surface area contributed by atoms with Crippen LogP contribution in [0, 0.1) is 6.92 Å². The molecule has 1 atom stereocenters. The van der Waals surface area contributed by atoms with Crippen molar-refractivity contribution in [3.63, 3.8) is 0 Å². The van der Waals surface area contributed by atoms with Gasteiger partial charge in [0.25, 0.3) is 0 Å². The number of methoxy groups -OCH3 is 1. The third kappa shape index (κ3) is 2.50. The molecule has 5 nitrogen and oxygen atoms in total. The summed E-state index contributed by atoms with van der Waals surface area (Å²) < 4.78 is 4.79. The number of hydrogen-bond donors (Lipinski definition) is 1. The Labute approximate surface area is 116 Å². The number of carbonyl (C=O) groups is 2. The summed E-state index contributed by atoms with van der Waals surface area (Å²) >= 11 is 1.32. The summed E-state index contributed by atoms with van der Waals surface area (Å²) in [5.74, 6) is -0.354. The molecular formula is C13H18N2O3S. The number of amides is 1. The fourth-order valence-electron chi connectivity index (χ4n) is 2.38. The van der Waals surface area contributed by atoms with Gasteiger partial charge in [-0.3, -0.25) is 4.79 Å². The van der Waals surface area contributed by atoms with Gasteiger partial charge in [-0.25, -0.2) is 4.79 Å². The minimum atomic E-state index is -0.382. The Morgan fingerprint density at radius 3 is 2.95 bits per heavy atom. The number of rotatable bonds is 3. The zero-order valence-electron chi connectivity index (χ0n) is 11.4. The fraction of sp³-hybridized carbons (Fsp3) is 0.538. The molecule has 1 N–H and O–H groups in total. The van der Waals surface area contributed by atoms with Crippen LogP contribution in [0.2, 0.25) is 0 Å². The van der Waals surface area contributed by atoms with Gasteiger partial charge in [0.15, 0.2) is 0 Å². The average molecular weight is 282 g/mol. The Balaban J connectivity index is 2.38. The van der Waals surface area contributed by atoms with Gasteiger partial charge >= 0.3 is 5.97 Å². The van der Waals surface area contributed by atoms with Gasteiger partial charge in [-0.05, 0) is 37.8 Å². The minimum Gasteiger partial charge on any atom is -0.465 e. The lowest BCUT2D eigenvalue weighted by Gasteiger charge is -2.32. The number of aryl methyl sites for hydroxylation is 1. The van der Waals surface area contributed by atoms with Crippen molar-refractivity contribution in [3.05, 3.63) is 15.8 Å². The standard InChI is InChI=1S/C13H18N2O3S/c1-8-7-19-11(13(17)18-3)10(8)15-6-4-5-9(14-2)12(15)16/h7,9,14H,4-6H2,1-3H3. The topological polar surface area (TPSA) is 58.6 Å². The first-order valence-corrected chi connectivity index (χ1v) is 7.13. The molecule has 2 rings (SSSR count). The van der Waals surface area contributed by atoms with E-state index in [1.54, 1.807) is 11.9 Å². The Morgan fingerprint density at radius 2 is 2.32 bits per heavy atom. The Hall–Kier alpha value is -1.40. The summed E-state index contributed by atoms with van der Waals surface area (Å²) in [6.45, 7) is 2.56. The average Bonchev–Trinajstić information content (AvgIpc) is 2.80. The Kier molecular flexibility index (Phi) is 4.21. The largest absolute Gasteiger partial charge is 0.465 e. The number of thiophene rings is 1. The molecule has 1 saturated heterocycles. The van der Waals surface area contributed by atoms with E-state index in [-0.39, 0.29) is 17.9 Å². The molecule has 1 aliphatic heterocycles. The van der Waals surface area contributed by atoms with E-state index in [1.807, 2.05) is 12.3 Å². The van der Waals surface area contributed by atoms with Crippen LogP contribution in [0.3, 0.4) is 0 Å². The number of piperidine rings is 1. The lowest BCUT2D eigenvalue weighted by atomic mass is 10.0. The zero-order chi connectivity index (χ0) is 14.0. The first-order chi connectivity index (χ1) is 9.10. The molecule has 1 fully saturated rings. The summed E-state index contributed by atoms with van der Waals surface area (Å²) in [6.07, 6.45) is 1.76. The number of esters is 1. The molecule has 0 aliphatic carbocycles. The minimum absolute atomic E-state index is 0.0282. The van der Waals surface area contributed by atoms with Crippen LogP contribution in [0.5, 0.6) is 0 Å². The van der Waals surface area contributed by atoms with Gasteiger partial charge in [0.2, 0.25) is 5.91 Å². The second kappa shape index (κ2) is 5.71. The maximum Gasteiger partial charge on any atom is 0.350 e. The van der Waals surface area contributed by atoms with Crippen LogP contribution >= 0.6 is 11.3 Å². The van der Waals surface area contributed by atoms with Gasteiger partial charge in [-0.15, -0.1) is 11.3 Å². The highest BCUT2D eigenvalue weighted by molar-refractivity contribution is 7.12. The summed E-state index contributed by atoms with van der Waals surface area (Å²) in [5.41, 5.74) is 1.65. The maximum absolute atomic E-state index is 12.4. The maximum atomic E-state index is 12.4. The summed E-state index contributed by atoms with van der Waals surface area (Å²) in [5, 5.41) is 4.91. The molecule has 0 bridgehead atoms. The van der Waals surface area contributed by atoms with Gasteiger partial charge in [0, 0.05) is 6.54 Å². The molecule has 0 spiro atoms. The first-order valence-electron chi connectivity index (χ1n) is 6.25. The van der Waals surface area contributed by atoms with E-state index in [0.717, 1.165) is 18.4 Å². The van der Waals surface area contributed by atoms with Crippen LogP contribution in [0.25, 0.3) is 0 Å². The summed E-state index contributed by atoms with van der Waals surface area (Å²) in [6, 6.07) is -0.168. The van der Waals surface area contributed by atoms with Crippen molar-refractivity contribution < 1.29 is 14.3 Å². The third-order valence-corrected chi connectivity index (χ3v) is 4.44. The molecule has 19 heavy (non-hydrogen) atoms. The number of likely N-dealkylation sites (N-methyl/N-ethyl adjacent to an activating group) is 1. The van der Waals surface area contributed by atoms with Crippen LogP contribution in [-0.4, -0.2) is 38.6 Å². The van der Waals surface area contributed by atoms with E-state index in [4.69, 9.17) is 4.74 Å². The van der Waals surface area contributed by atoms with E-state index < -0.39 is 0 Å². The number of hydrogen-bond acceptors (Lipinski definition) is 5. The quantitative estimate of drug-likeness (QED) is 0.855. The number of anilines is 1. The molecule has 6 heteroatoms. The SMILES string of the molecule is CNC1CCCN(c2c(C)csc2C(=O)OC)C1=O. The lowest BCUT2D eigenvalue weighted by molar-refractivity contribution is -0.121. The van der Waals surface area contributed by atoms with Crippen LogP contribution in [0.15, 0.2) is 5.38 Å². The molecule has 2 heterocycles. The molecule has 1 unspecified atom stereocenters. The smallest absolute Gasteiger partial charge is 0.350 e. The van der Waals surface area contributed by atoms with Gasteiger partial charge < -0.3 is 15.0 Å². The van der Waals surface area contributed by atoms with Crippen LogP contribution in [0.1, 0.15) is 28.1 Å². The van der Waals surface area contributed by atoms with Crippen molar-refractivity contribution in [2.45, 2.75) is 25.8 Å². The van der Waals surface area contributed by atoms with Crippen LogP contribution in [-0.2, 0) is 9.53 Å². The first kappa shape index (κ1) is 14.0. The lowest BCUT2D eigenvalue weighted by Crippen LogP contribution is -2.50. The van der Waals surface area contributed by atoms with Crippen molar-refractivity contribution in [2.75, 3.05) is 25.6 Å². The molecule has 1 amide bonds.